The van der Waals surface area contributed by atoms with Crippen molar-refractivity contribution in [2.75, 3.05) is 0 Å². The van der Waals surface area contributed by atoms with Crippen LogP contribution in [-0.2, 0) is 5.41 Å². The van der Waals surface area contributed by atoms with Crippen molar-refractivity contribution in [3.63, 3.8) is 0 Å². The fourth-order valence-electron chi connectivity index (χ4n) is 5.31. The van der Waals surface area contributed by atoms with E-state index in [2.05, 4.69) is 115 Å². The number of hydrogen-bond acceptors (Lipinski definition) is 3. The summed E-state index contributed by atoms with van der Waals surface area (Å²) in [5.41, 5.74) is 7.86. The molecule has 0 aliphatic heterocycles. The van der Waals surface area contributed by atoms with E-state index in [0.29, 0.717) is 5.71 Å². The van der Waals surface area contributed by atoms with E-state index in [1.807, 2.05) is 13.0 Å². The van der Waals surface area contributed by atoms with Crippen LogP contribution in [0.1, 0.15) is 32.0 Å². The normalized spacial score (nSPS) is 12.3. The molecule has 0 radical (unpaired) electrons. The maximum atomic E-state index is 6.39. The second kappa shape index (κ2) is 7.78. The molecule has 0 unspecified atom stereocenters. The second-order valence-corrected chi connectivity index (χ2v) is 10.8. The summed E-state index contributed by atoms with van der Waals surface area (Å²) in [6, 6.07) is 32.0. The van der Waals surface area contributed by atoms with Crippen molar-refractivity contribution in [1.82, 2.24) is 14.5 Å². The van der Waals surface area contributed by atoms with Crippen molar-refractivity contribution in [1.29, 1.82) is 0 Å². The molecule has 0 atom stereocenters. The van der Waals surface area contributed by atoms with Crippen LogP contribution in [0.4, 0.5) is 0 Å². The van der Waals surface area contributed by atoms with Gasteiger partial charge in [-0.05, 0) is 59.7 Å². The minimum Gasteiger partial charge on any atom is -0.437 e. The van der Waals surface area contributed by atoms with Crippen molar-refractivity contribution in [2.24, 2.45) is 0 Å². The van der Waals surface area contributed by atoms with Gasteiger partial charge in [0.25, 0.3) is 0 Å². The number of aryl methyl sites for hydroxylation is 1. The summed E-state index contributed by atoms with van der Waals surface area (Å²) in [6.45, 7) is 8.71. The average Bonchev–Trinajstić information content (AvgIpc) is 3.46. The molecule has 0 aliphatic rings. The number of hydrogen-bond donors (Lipinski definition) is 0. The Bertz CT molecular complexity index is 1970. The molecule has 0 fully saturated rings. The molecule has 4 nitrogen and oxygen atoms in total. The van der Waals surface area contributed by atoms with Gasteiger partial charge in [-0.2, -0.15) is 0 Å². The van der Waals surface area contributed by atoms with Crippen molar-refractivity contribution >= 4 is 43.9 Å². The fraction of sp³-hybridized carbons (Fsp3) is 0.152. The average molecular weight is 482 g/mol. The molecule has 37 heavy (non-hydrogen) atoms. The van der Waals surface area contributed by atoms with E-state index >= 15 is 0 Å². The van der Waals surface area contributed by atoms with Crippen LogP contribution in [0.25, 0.3) is 61.0 Å². The maximum absolute atomic E-state index is 6.39. The van der Waals surface area contributed by atoms with Gasteiger partial charge in [0.05, 0.1) is 16.6 Å². The van der Waals surface area contributed by atoms with Gasteiger partial charge >= 0.3 is 0 Å². The third kappa shape index (κ3) is 3.36. The SMILES string of the molecule is Cc1ccc2c(n1)oc1c(-c3nc4c5ccccc5ccc4n3-c3ccc(C(C)(C)C)cc3)cccc12. The molecule has 0 bridgehead atoms. The Morgan fingerprint density at radius 3 is 2.30 bits per heavy atom. The molecule has 0 amide bonds. The summed E-state index contributed by atoms with van der Waals surface area (Å²) in [4.78, 5) is 9.93. The fourth-order valence-corrected chi connectivity index (χ4v) is 5.31. The number of rotatable bonds is 2. The molecular weight excluding hydrogens is 454 g/mol. The minimum atomic E-state index is 0.0829. The second-order valence-electron chi connectivity index (χ2n) is 10.8. The predicted molar refractivity (Wildman–Crippen MR) is 153 cm³/mol. The molecule has 3 heterocycles. The third-order valence-corrected chi connectivity index (χ3v) is 7.29. The smallest absolute Gasteiger partial charge is 0.227 e. The van der Waals surface area contributed by atoms with Gasteiger partial charge in [-0.25, -0.2) is 9.97 Å². The largest absolute Gasteiger partial charge is 0.437 e. The molecule has 4 heteroatoms. The van der Waals surface area contributed by atoms with E-state index in [4.69, 9.17) is 9.40 Å². The number of fused-ring (bicyclic) bond motifs is 6. The monoisotopic (exact) mass is 481 g/mol. The zero-order chi connectivity index (χ0) is 25.3. The van der Waals surface area contributed by atoms with E-state index in [-0.39, 0.29) is 5.41 Å². The first-order valence-electron chi connectivity index (χ1n) is 12.7. The van der Waals surface area contributed by atoms with Crippen molar-refractivity contribution < 1.29 is 4.42 Å². The molecule has 0 N–H and O–H groups in total. The number of furan rings is 1. The summed E-state index contributed by atoms with van der Waals surface area (Å²) >= 11 is 0. The number of para-hydroxylation sites is 1. The Morgan fingerprint density at radius 1 is 0.703 bits per heavy atom. The van der Waals surface area contributed by atoms with Gasteiger partial charge < -0.3 is 4.42 Å². The first-order chi connectivity index (χ1) is 17.9. The van der Waals surface area contributed by atoms with E-state index in [9.17, 15) is 0 Å². The van der Waals surface area contributed by atoms with Crippen LogP contribution in [0.5, 0.6) is 0 Å². The van der Waals surface area contributed by atoms with Gasteiger partial charge in [0.2, 0.25) is 5.71 Å². The lowest BCUT2D eigenvalue weighted by Gasteiger charge is -2.19. The minimum absolute atomic E-state index is 0.0829. The van der Waals surface area contributed by atoms with Gasteiger partial charge in [-0.15, -0.1) is 0 Å². The van der Waals surface area contributed by atoms with Crippen LogP contribution in [0.15, 0.2) is 95.4 Å². The highest BCUT2D eigenvalue weighted by Gasteiger charge is 2.21. The van der Waals surface area contributed by atoms with Crippen LogP contribution in [0, 0.1) is 6.92 Å². The van der Waals surface area contributed by atoms with Gasteiger partial charge in [0.15, 0.2) is 0 Å². The number of nitrogens with zero attached hydrogens (tertiary/aromatic N) is 3. The van der Waals surface area contributed by atoms with Gasteiger partial charge in [-0.3, -0.25) is 4.57 Å². The Labute approximate surface area is 215 Å². The summed E-state index contributed by atoms with van der Waals surface area (Å²) in [5.74, 6) is 0.858. The zero-order valence-electron chi connectivity index (χ0n) is 21.4. The molecule has 0 saturated carbocycles. The molecule has 180 valence electrons. The van der Waals surface area contributed by atoms with Crippen LogP contribution in [0.3, 0.4) is 0 Å². The number of aromatic nitrogens is 3. The topological polar surface area (TPSA) is 43.9 Å². The predicted octanol–water partition coefficient (Wildman–Crippen LogP) is 8.75. The van der Waals surface area contributed by atoms with Gasteiger partial charge in [0.1, 0.15) is 11.4 Å². The summed E-state index contributed by atoms with van der Waals surface area (Å²) < 4.78 is 8.65. The zero-order valence-corrected chi connectivity index (χ0v) is 21.4. The van der Waals surface area contributed by atoms with Crippen LogP contribution in [0.2, 0.25) is 0 Å². The Hall–Kier alpha value is -4.44. The first kappa shape index (κ1) is 21.8. The van der Waals surface area contributed by atoms with Crippen LogP contribution >= 0.6 is 0 Å². The molecule has 0 aliphatic carbocycles. The molecule has 7 rings (SSSR count). The molecule has 0 saturated heterocycles. The highest BCUT2D eigenvalue weighted by Crippen LogP contribution is 2.39. The van der Waals surface area contributed by atoms with Crippen LogP contribution in [-0.4, -0.2) is 14.5 Å². The maximum Gasteiger partial charge on any atom is 0.227 e. The standard InChI is InChI=1S/C33H27N3O/c1-20-12-18-26-25-10-7-11-27(30(25)37-32(26)34-20)31-35-29-24-9-6-5-8-21(24)13-19-28(29)36(31)23-16-14-22(15-17-23)33(2,3)4/h5-19H,1-4H3. The van der Waals surface area contributed by atoms with Crippen molar-refractivity contribution in [3.05, 3.63) is 102 Å². The highest BCUT2D eigenvalue weighted by atomic mass is 16.3. The van der Waals surface area contributed by atoms with Gasteiger partial charge in [-0.1, -0.05) is 75.4 Å². The lowest BCUT2D eigenvalue weighted by molar-refractivity contribution is 0.590. The van der Waals surface area contributed by atoms with Crippen molar-refractivity contribution in [2.45, 2.75) is 33.1 Å². The van der Waals surface area contributed by atoms with E-state index in [0.717, 1.165) is 55.5 Å². The third-order valence-electron chi connectivity index (χ3n) is 7.29. The number of pyridine rings is 1. The lowest BCUT2D eigenvalue weighted by atomic mass is 9.87. The number of benzene rings is 4. The van der Waals surface area contributed by atoms with E-state index < -0.39 is 0 Å². The lowest BCUT2D eigenvalue weighted by Crippen LogP contribution is -2.11. The summed E-state index contributed by atoms with van der Waals surface area (Å²) in [5, 5.41) is 4.38. The summed E-state index contributed by atoms with van der Waals surface area (Å²) in [7, 11) is 0. The Morgan fingerprint density at radius 2 is 1.49 bits per heavy atom. The Balaban J connectivity index is 1.57. The number of imidazole rings is 1. The Kier molecular flexibility index (Phi) is 4.58. The quantitative estimate of drug-likeness (QED) is 0.248. The summed E-state index contributed by atoms with van der Waals surface area (Å²) in [6.07, 6.45) is 0. The van der Waals surface area contributed by atoms with E-state index in [1.54, 1.807) is 0 Å². The highest BCUT2D eigenvalue weighted by molar-refractivity contribution is 6.10. The van der Waals surface area contributed by atoms with Crippen LogP contribution < -0.4 is 0 Å². The molecular formula is C33H27N3O. The first-order valence-corrected chi connectivity index (χ1v) is 12.7. The van der Waals surface area contributed by atoms with E-state index in [1.165, 1.54) is 10.9 Å². The molecule has 3 aromatic heterocycles. The molecule has 4 aromatic carbocycles. The van der Waals surface area contributed by atoms with Crippen molar-refractivity contribution in [3.8, 4) is 17.1 Å². The molecule has 7 aromatic rings. The van der Waals surface area contributed by atoms with Gasteiger partial charge in [0, 0.05) is 27.5 Å². The molecule has 0 spiro atoms.